The van der Waals surface area contributed by atoms with Crippen molar-refractivity contribution in [2.45, 2.75) is 19.8 Å². The van der Waals surface area contributed by atoms with Gasteiger partial charge in [-0.1, -0.05) is 29.8 Å². The smallest absolute Gasteiger partial charge is 0.337 e. The van der Waals surface area contributed by atoms with E-state index in [0.29, 0.717) is 11.5 Å². The minimum absolute atomic E-state index is 0.352. The zero-order valence-electron chi connectivity index (χ0n) is 9.99. The number of carbonyl (C=O) groups is 1. The lowest BCUT2D eigenvalue weighted by Gasteiger charge is -2.10. The highest BCUT2D eigenvalue weighted by Gasteiger charge is 2.17. The second-order valence-electron chi connectivity index (χ2n) is 4.50. The van der Waals surface area contributed by atoms with Crippen molar-refractivity contribution in [3.8, 4) is 0 Å². The maximum Gasteiger partial charge on any atom is 0.337 e. The van der Waals surface area contributed by atoms with Crippen molar-refractivity contribution in [3.05, 3.63) is 33.9 Å². The first-order valence-corrected chi connectivity index (χ1v) is 6.23. The number of hydrogen-bond donors (Lipinski definition) is 1. The summed E-state index contributed by atoms with van der Waals surface area (Å²) in [5, 5.41) is 9.98. The first-order chi connectivity index (χ1) is 7.91. The predicted molar refractivity (Wildman–Crippen MR) is 71.7 cm³/mol. The van der Waals surface area contributed by atoms with E-state index in [4.69, 9.17) is 0 Å². The minimum atomic E-state index is -0.886. The Labute approximate surface area is 108 Å². The van der Waals surface area contributed by atoms with Crippen LogP contribution in [0.4, 0.5) is 0 Å². The van der Waals surface area contributed by atoms with Crippen molar-refractivity contribution in [1.82, 2.24) is 4.57 Å². The molecule has 0 fully saturated rings. The molecule has 0 aliphatic heterocycles. The molecule has 0 atom stereocenters. The number of hydrogen-bond acceptors (Lipinski definition) is 1. The van der Waals surface area contributed by atoms with Crippen LogP contribution in [-0.2, 0) is 7.05 Å². The van der Waals surface area contributed by atoms with Crippen LogP contribution < -0.4 is 0 Å². The average molecular weight is 296 g/mol. The topological polar surface area (TPSA) is 42.2 Å². The quantitative estimate of drug-likeness (QED) is 0.916. The van der Waals surface area contributed by atoms with Crippen LogP contribution in [-0.4, -0.2) is 15.6 Å². The molecule has 4 heteroatoms. The van der Waals surface area contributed by atoms with Crippen LogP contribution in [0, 0.1) is 0 Å². The van der Waals surface area contributed by atoms with Crippen LogP contribution in [0.5, 0.6) is 0 Å². The van der Waals surface area contributed by atoms with Gasteiger partial charge in [0, 0.05) is 23.1 Å². The van der Waals surface area contributed by atoms with Gasteiger partial charge < -0.3 is 9.67 Å². The third kappa shape index (κ3) is 1.97. The third-order valence-corrected chi connectivity index (χ3v) is 3.38. The molecule has 1 heterocycles. The van der Waals surface area contributed by atoms with E-state index in [2.05, 4.69) is 35.8 Å². The first kappa shape index (κ1) is 12.2. The summed E-state index contributed by atoms with van der Waals surface area (Å²) >= 11 is 3.44. The molecule has 1 N–H and O–H groups in total. The van der Waals surface area contributed by atoms with E-state index in [-0.39, 0.29) is 0 Å². The summed E-state index contributed by atoms with van der Waals surface area (Å²) in [5.74, 6) is -0.534. The van der Waals surface area contributed by atoms with Crippen molar-refractivity contribution in [3.63, 3.8) is 0 Å². The van der Waals surface area contributed by atoms with Gasteiger partial charge in [0.2, 0.25) is 0 Å². The number of carboxylic acids is 1. The molecule has 3 nitrogen and oxygen atoms in total. The van der Waals surface area contributed by atoms with Crippen molar-refractivity contribution >= 4 is 32.8 Å². The van der Waals surface area contributed by atoms with Gasteiger partial charge in [0.15, 0.2) is 0 Å². The first-order valence-electron chi connectivity index (χ1n) is 5.43. The van der Waals surface area contributed by atoms with Crippen molar-refractivity contribution in [2.24, 2.45) is 7.05 Å². The van der Waals surface area contributed by atoms with Gasteiger partial charge in [-0.15, -0.1) is 0 Å². The molecular weight excluding hydrogens is 282 g/mol. The lowest BCUT2D eigenvalue weighted by molar-refractivity contribution is 0.0699. The molecule has 0 bridgehead atoms. The molecule has 0 saturated heterocycles. The van der Waals surface area contributed by atoms with E-state index in [9.17, 15) is 9.90 Å². The van der Waals surface area contributed by atoms with Crippen LogP contribution >= 0.6 is 15.9 Å². The molecule has 17 heavy (non-hydrogen) atoms. The molecule has 1 aromatic heterocycles. The summed E-state index contributed by atoms with van der Waals surface area (Å²) in [6.45, 7) is 4.21. The number of rotatable bonds is 2. The normalized spacial score (nSPS) is 11.4. The Bertz CT molecular complexity index is 599. The van der Waals surface area contributed by atoms with Crippen molar-refractivity contribution in [1.29, 1.82) is 0 Å². The zero-order valence-corrected chi connectivity index (χ0v) is 11.6. The Morgan fingerprint density at radius 3 is 2.59 bits per heavy atom. The molecule has 0 unspecified atom stereocenters. The second kappa shape index (κ2) is 4.18. The van der Waals surface area contributed by atoms with E-state index in [1.54, 1.807) is 6.20 Å². The maximum absolute atomic E-state index is 11.2. The highest BCUT2D eigenvalue weighted by molar-refractivity contribution is 9.10. The lowest BCUT2D eigenvalue weighted by atomic mass is 9.99. The summed E-state index contributed by atoms with van der Waals surface area (Å²) in [4.78, 5) is 11.2. The number of nitrogens with zero attached hydrogens (tertiary/aromatic N) is 1. The SMILES string of the molecule is CC(C)c1cc(Br)cc2c(C(=O)O)cn(C)c12. The molecule has 0 aliphatic rings. The van der Waals surface area contributed by atoms with Gasteiger partial charge in [-0.05, 0) is 23.6 Å². The van der Waals surface area contributed by atoms with Gasteiger partial charge in [-0.2, -0.15) is 0 Å². The summed E-state index contributed by atoms with van der Waals surface area (Å²) in [6, 6.07) is 3.92. The molecule has 0 radical (unpaired) electrons. The van der Waals surface area contributed by atoms with E-state index < -0.39 is 5.97 Å². The van der Waals surface area contributed by atoms with Crippen molar-refractivity contribution < 1.29 is 9.90 Å². The van der Waals surface area contributed by atoms with Crippen LogP contribution in [0.1, 0.15) is 35.7 Å². The molecule has 0 spiro atoms. The Hall–Kier alpha value is -1.29. The van der Waals surface area contributed by atoms with Crippen LogP contribution in [0.3, 0.4) is 0 Å². The molecular formula is C13H14BrNO2. The van der Waals surface area contributed by atoms with Gasteiger partial charge in [-0.25, -0.2) is 4.79 Å². The minimum Gasteiger partial charge on any atom is -0.478 e. The van der Waals surface area contributed by atoms with E-state index in [1.165, 1.54) is 0 Å². The lowest BCUT2D eigenvalue weighted by Crippen LogP contribution is -1.95. The van der Waals surface area contributed by atoms with E-state index >= 15 is 0 Å². The number of fused-ring (bicyclic) bond motifs is 1. The van der Waals surface area contributed by atoms with Gasteiger partial charge in [0.05, 0.1) is 11.1 Å². The third-order valence-electron chi connectivity index (χ3n) is 2.92. The van der Waals surface area contributed by atoms with Crippen molar-refractivity contribution in [2.75, 3.05) is 0 Å². The van der Waals surface area contributed by atoms with Gasteiger partial charge in [0.25, 0.3) is 0 Å². The number of carboxylic acid groups (broad SMARTS) is 1. The molecule has 2 rings (SSSR count). The second-order valence-corrected chi connectivity index (χ2v) is 5.42. The molecule has 0 amide bonds. The fourth-order valence-electron chi connectivity index (χ4n) is 2.16. The number of benzene rings is 1. The Balaban J connectivity index is 2.90. The fraction of sp³-hybridized carbons (Fsp3) is 0.308. The summed E-state index contributed by atoms with van der Waals surface area (Å²) in [5.41, 5.74) is 2.51. The summed E-state index contributed by atoms with van der Waals surface area (Å²) < 4.78 is 2.81. The largest absolute Gasteiger partial charge is 0.478 e. The predicted octanol–water partition coefficient (Wildman–Crippen LogP) is 3.76. The van der Waals surface area contributed by atoms with E-state index in [0.717, 1.165) is 20.9 Å². The fourth-order valence-corrected chi connectivity index (χ4v) is 2.63. The molecule has 90 valence electrons. The van der Waals surface area contributed by atoms with E-state index in [1.807, 2.05) is 17.7 Å². The Morgan fingerprint density at radius 2 is 2.06 bits per heavy atom. The number of aryl methyl sites for hydroxylation is 1. The zero-order chi connectivity index (χ0) is 12.7. The van der Waals surface area contributed by atoms with Gasteiger partial charge >= 0.3 is 5.97 Å². The highest BCUT2D eigenvalue weighted by Crippen LogP contribution is 2.32. The summed E-state index contributed by atoms with van der Waals surface area (Å²) in [7, 11) is 1.88. The van der Waals surface area contributed by atoms with Gasteiger partial charge in [-0.3, -0.25) is 0 Å². The number of halogens is 1. The Morgan fingerprint density at radius 1 is 1.41 bits per heavy atom. The number of aromatic nitrogens is 1. The maximum atomic E-state index is 11.2. The van der Waals surface area contributed by atoms with Crippen LogP contribution in [0.15, 0.2) is 22.8 Å². The molecule has 0 saturated carbocycles. The molecule has 1 aromatic carbocycles. The number of aromatic carboxylic acids is 1. The summed E-state index contributed by atoms with van der Waals surface area (Å²) in [6.07, 6.45) is 1.67. The Kier molecular flexibility index (Phi) is 3.00. The molecule has 2 aromatic rings. The van der Waals surface area contributed by atoms with Crippen LogP contribution in [0.2, 0.25) is 0 Å². The average Bonchev–Trinajstić information content (AvgIpc) is 2.54. The monoisotopic (exact) mass is 295 g/mol. The van der Waals surface area contributed by atoms with Crippen LogP contribution in [0.25, 0.3) is 10.9 Å². The standard InChI is InChI=1S/C13H14BrNO2/c1-7(2)9-4-8(14)5-10-11(13(16)17)6-15(3)12(9)10/h4-7H,1-3H3,(H,16,17). The van der Waals surface area contributed by atoms with Gasteiger partial charge in [0.1, 0.15) is 0 Å². The highest BCUT2D eigenvalue weighted by atomic mass is 79.9. The molecule has 0 aliphatic carbocycles.